The van der Waals surface area contributed by atoms with Crippen LogP contribution < -0.4 is 16.0 Å². The molecule has 1 saturated heterocycles. The lowest BCUT2D eigenvalue weighted by atomic mass is 10.0. The minimum absolute atomic E-state index is 0.0366. The summed E-state index contributed by atoms with van der Waals surface area (Å²) in [4.78, 5) is 38.3. The lowest BCUT2D eigenvalue weighted by molar-refractivity contribution is -0.125. The number of nitrogens with zero attached hydrogens (tertiary/aromatic N) is 1. The highest BCUT2D eigenvalue weighted by Crippen LogP contribution is 2.15. The zero-order chi connectivity index (χ0) is 17.5. The first kappa shape index (κ1) is 18.4. The molecular weight excluding hydrogens is 328 g/mol. The van der Waals surface area contributed by atoms with Crippen molar-refractivity contribution in [2.45, 2.75) is 38.8 Å². The number of urea groups is 1. The summed E-state index contributed by atoms with van der Waals surface area (Å²) in [7, 11) is 0. The quantitative estimate of drug-likeness (QED) is 0.742. The van der Waals surface area contributed by atoms with E-state index < -0.39 is 6.03 Å². The van der Waals surface area contributed by atoms with Gasteiger partial charge in [0.05, 0.1) is 10.9 Å². The maximum Gasteiger partial charge on any atom is 0.321 e. The van der Waals surface area contributed by atoms with Crippen molar-refractivity contribution < 1.29 is 14.4 Å². The molecule has 0 aromatic carbocycles. The summed E-state index contributed by atoms with van der Waals surface area (Å²) >= 11 is 1.43. The third-order valence-electron chi connectivity index (χ3n) is 4.11. The summed E-state index contributed by atoms with van der Waals surface area (Å²) in [6, 6.07) is 2.95. The first-order chi connectivity index (χ1) is 11.5. The van der Waals surface area contributed by atoms with Crippen LogP contribution in [0.25, 0.3) is 0 Å². The van der Waals surface area contributed by atoms with E-state index in [1.165, 1.54) is 11.3 Å². The van der Waals surface area contributed by atoms with Crippen molar-refractivity contribution in [3.8, 4) is 0 Å². The zero-order valence-electron chi connectivity index (χ0n) is 14.0. The van der Waals surface area contributed by atoms with E-state index >= 15 is 0 Å². The van der Waals surface area contributed by atoms with Gasteiger partial charge in [-0.1, -0.05) is 6.07 Å². The molecule has 1 fully saturated rings. The summed E-state index contributed by atoms with van der Waals surface area (Å²) in [5.74, 6) is -0.340. The van der Waals surface area contributed by atoms with E-state index in [0.717, 1.165) is 12.8 Å². The Kier molecular flexibility index (Phi) is 6.74. The molecule has 132 valence electrons. The Balaban J connectivity index is 1.76. The number of hydrogen-bond acceptors (Lipinski definition) is 5. The Morgan fingerprint density at radius 2 is 2.04 bits per heavy atom. The van der Waals surface area contributed by atoms with Gasteiger partial charge in [0.1, 0.15) is 0 Å². The Labute approximate surface area is 145 Å². The monoisotopic (exact) mass is 352 g/mol. The van der Waals surface area contributed by atoms with Crippen molar-refractivity contribution in [3.63, 3.8) is 0 Å². The molecule has 0 aliphatic carbocycles. The van der Waals surface area contributed by atoms with Crippen LogP contribution in [0.2, 0.25) is 0 Å². The second kappa shape index (κ2) is 8.79. The number of rotatable bonds is 5. The van der Waals surface area contributed by atoms with Gasteiger partial charge in [-0.25, -0.2) is 4.79 Å². The van der Waals surface area contributed by atoms with E-state index in [1.807, 2.05) is 22.4 Å². The van der Waals surface area contributed by atoms with Crippen molar-refractivity contribution in [2.24, 2.45) is 0 Å². The number of imide groups is 1. The Morgan fingerprint density at radius 3 is 2.62 bits per heavy atom. The number of thiophene rings is 1. The number of likely N-dealkylation sites (tertiary alicyclic amines) is 1. The maximum absolute atomic E-state index is 12.1. The van der Waals surface area contributed by atoms with Crippen LogP contribution in [-0.4, -0.2) is 54.5 Å². The number of nitrogens with one attached hydrogen (secondary N) is 3. The zero-order valence-corrected chi connectivity index (χ0v) is 14.8. The topological polar surface area (TPSA) is 90.5 Å². The molecule has 2 heterocycles. The molecule has 1 unspecified atom stereocenters. The predicted molar refractivity (Wildman–Crippen MR) is 93.1 cm³/mol. The van der Waals surface area contributed by atoms with Gasteiger partial charge in [0.15, 0.2) is 0 Å². The van der Waals surface area contributed by atoms with Crippen molar-refractivity contribution in [3.05, 3.63) is 22.4 Å². The Bertz CT molecular complexity index is 568. The third-order valence-corrected chi connectivity index (χ3v) is 4.98. The van der Waals surface area contributed by atoms with Crippen molar-refractivity contribution in [1.82, 2.24) is 20.9 Å². The molecule has 1 aromatic rings. The molecule has 7 nitrogen and oxygen atoms in total. The highest BCUT2D eigenvalue weighted by molar-refractivity contribution is 7.12. The number of carbonyl (C=O) groups is 3. The number of amides is 4. The fourth-order valence-corrected chi connectivity index (χ4v) is 3.31. The lowest BCUT2D eigenvalue weighted by Gasteiger charge is -2.35. The Morgan fingerprint density at radius 1 is 1.33 bits per heavy atom. The molecular formula is C16H24N4O3S. The SMILES string of the molecule is CCNC(=O)NC(=O)C(C)N1CCC(NC(=O)c2cccs2)CC1. The van der Waals surface area contributed by atoms with Gasteiger partial charge in [-0.3, -0.25) is 19.8 Å². The largest absolute Gasteiger partial charge is 0.349 e. The van der Waals surface area contributed by atoms with Gasteiger partial charge in [0, 0.05) is 25.7 Å². The molecule has 0 radical (unpaired) electrons. The second-order valence-electron chi connectivity index (χ2n) is 5.79. The van der Waals surface area contributed by atoms with Gasteiger partial charge in [-0.2, -0.15) is 0 Å². The summed E-state index contributed by atoms with van der Waals surface area (Å²) in [6.07, 6.45) is 1.58. The molecule has 8 heteroatoms. The average Bonchev–Trinajstić information content (AvgIpc) is 3.09. The molecule has 1 atom stereocenters. The molecule has 1 aromatic heterocycles. The summed E-state index contributed by atoms with van der Waals surface area (Å²) in [5.41, 5.74) is 0. The van der Waals surface area contributed by atoms with Gasteiger partial charge in [0.25, 0.3) is 5.91 Å². The van der Waals surface area contributed by atoms with E-state index in [4.69, 9.17) is 0 Å². The van der Waals surface area contributed by atoms with Gasteiger partial charge in [-0.05, 0) is 38.1 Å². The van der Waals surface area contributed by atoms with Crippen molar-refractivity contribution in [1.29, 1.82) is 0 Å². The van der Waals surface area contributed by atoms with Crippen LogP contribution in [0.4, 0.5) is 4.79 Å². The Hall–Kier alpha value is -1.93. The minimum atomic E-state index is -0.465. The number of carbonyl (C=O) groups excluding carboxylic acids is 3. The summed E-state index contributed by atoms with van der Waals surface area (Å²) < 4.78 is 0. The van der Waals surface area contributed by atoms with Crippen molar-refractivity contribution in [2.75, 3.05) is 19.6 Å². The van der Waals surface area contributed by atoms with Gasteiger partial charge in [0.2, 0.25) is 5.91 Å². The second-order valence-corrected chi connectivity index (χ2v) is 6.73. The van der Waals surface area contributed by atoms with Crippen LogP contribution in [0, 0.1) is 0 Å². The number of hydrogen-bond donors (Lipinski definition) is 3. The molecule has 2 rings (SSSR count). The standard InChI is InChI=1S/C16H24N4O3S/c1-3-17-16(23)19-14(21)11(2)20-8-6-12(7-9-20)18-15(22)13-5-4-10-24-13/h4-5,10-12H,3,6-9H2,1-2H3,(H,18,22)(H2,17,19,21,23). The summed E-state index contributed by atoms with van der Waals surface area (Å²) in [5, 5.41) is 9.80. The first-order valence-electron chi connectivity index (χ1n) is 8.18. The van der Waals surface area contributed by atoms with Crippen LogP contribution >= 0.6 is 11.3 Å². The van der Waals surface area contributed by atoms with Gasteiger partial charge >= 0.3 is 6.03 Å². The average molecular weight is 352 g/mol. The van der Waals surface area contributed by atoms with Gasteiger partial charge in [-0.15, -0.1) is 11.3 Å². The smallest absolute Gasteiger partial charge is 0.321 e. The van der Waals surface area contributed by atoms with E-state index in [-0.39, 0.29) is 23.9 Å². The van der Waals surface area contributed by atoms with Crippen LogP contribution in [0.15, 0.2) is 17.5 Å². The summed E-state index contributed by atoms with van der Waals surface area (Å²) in [6.45, 7) is 5.48. The van der Waals surface area contributed by atoms with Crippen molar-refractivity contribution >= 4 is 29.2 Å². The normalized spacial score (nSPS) is 17.1. The van der Waals surface area contributed by atoms with E-state index in [0.29, 0.717) is 24.5 Å². The maximum atomic E-state index is 12.1. The van der Waals surface area contributed by atoms with E-state index in [9.17, 15) is 14.4 Å². The lowest BCUT2D eigenvalue weighted by Crippen LogP contribution is -2.53. The molecule has 0 saturated carbocycles. The van der Waals surface area contributed by atoms with Gasteiger partial charge < -0.3 is 10.6 Å². The van der Waals surface area contributed by atoms with Crippen LogP contribution in [0.3, 0.4) is 0 Å². The highest BCUT2D eigenvalue weighted by atomic mass is 32.1. The van der Waals surface area contributed by atoms with Crippen LogP contribution in [0.1, 0.15) is 36.4 Å². The fourth-order valence-electron chi connectivity index (χ4n) is 2.68. The molecule has 4 amide bonds. The third kappa shape index (κ3) is 5.04. The molecule has 1 aliphatic rings. The molecule has 1 aliphatic heterocycles. The molecule has 3 N–H and O–H groups in total. The van der Waals surface area contributed by atoms with E-state index in [2.05, 4.69) is 16.0 Å². The first-order valence-corrected chi connectivity index (χ1v) is 9.06. The predicted octanol–water partition coefficient (Wildman–Crippen LogP) is 1.18. The van der Waals surface area contributed by atoms with Crippen LogP contribution in [-0.2, 0) is 4.79 Å². The molecule has 0 spiro atoms. The molecule has 24 heavy (non-hydrogen) atoms. The highest BCUT2D eigenvalue weighted by Gasteiger charge is 2.28. The van der Waals surface area contributed by atoms with Crippen LogP contribution in [0.5, 0.6) is 0 Å². The van der Waals surface area contributed by atoms with E-state index in [1.54, 1.807) is 13.8 Å². The molecule has 0 bridgehead atoms. The number of piperidine rings is 1. The fraction of sp³-hybridized carbons (Fsp3) is 0.562. The minimum Gasteiger partial charge on any atom is -0.349 e.